The van der Waals surface area contributed by atoms with E-state index in [0.717, 1.165) is 31.9 Å². The van der Waals surface area contributed by atoms with Gasteiger partial charge in [-0.2, -0.15) is 0 Å². The van der Waals surface area contributed by atoms with Crippen LogP contribution in [0.1, 0.15) is 24.2 Å². The van der Waals surface area contributed by atoms with Gasteiger partial charge < -0.3 is 14.5 Å². The molecule has 2 bridgehead atoms. The fraction of sp³-hybridized carbons (Fsp3) is 0.692. The van der Waals surface area contributed by atoms with Crippen molar-refractivity contribution in [2.75, 3.05) is 20.1 Å². The van der Waals surface area contributed by atoms with Crippen LogP contribution in [0.5, 0.6) is 0 Å². The Bertz CT molecular complexity index is 365. The summed E-state index contributed by atoms with van der Waals surface area (Å²) < 4.78 is 11.4. The second-order valence-corrected chi connectivity index (χ2v) is 5.05. The second kappa shape index (κ2) is 4.80. The molecular formula is C13H20N2O2. The summed E-state index contributed by atoms with van der Waals surface area (Å²) in [4.78, 5) is 2.46. The van der Waals surface area contributed by atoms with Crippen LogP contribution in [0.3, 0.4) is 0 Å². The molecule has 2 fully saturated rings. The highest BCUT2D eigenvalue weighted by molar-refractivity contribution is 5.17. The lowest BCUT2D eigenvalue weighted by Crippen LogP contribution is -2.42. The van der Waals surface area contributed by atoms with E-state index in [1.807, 2.05) is 7.05 Å². The van der Waals surface area contributed by atoms with Gasteiger partial charge in [0.05, 0.1) is 25.0 Å². The average molecular weight is 236 g/mol. The third-order valence-electron chi connectivity index (χ3n) is 3.69. The lowest BCUT2D eigenvalue weighted by atomic mass is 10.2. The van der Waals surface area contributed by atoms with E-state index in [2.05, 4.69) is 16.3 Å². The van der Waals surface area contributed by atoms with E-state index in [0.29, 0.717) is 12.2 Å². The van der Waals surface area contributed by atoms with E-state index in [1.165, 1.54) is 18.4 Å². The monoisotopic (exact) mass is 236 g/mol. The maximum atomic E-state index is 5.84. The van der Waals surface area contributed by atoms with Crippen molar-refractivity contribution in [3.63, 3.8) is 0 Å². The minimum Gasteiger partial charge on any atom is -0.468 e. The number of hydrogen-bond acceptors (Lipinski definition) is 4. The molecule has 2 saturated heterocycles. The molecule has 0 spiro atoms. The lowest BCUT2D eigenvalue weighted by Gasteiger charge is -2.31. The van der Waals surface area contributed by atoms with Gasteiger partial charge in [-0.25, -0.2) is 0 Å². The van der Waals surface area contributed by atoms with Gasteiger partial charge in [0.1, 0.15) is 5.76 Å². The van der Waals surface area contributed by atoms with Crippen LogP contribution in [0.25, 0.3) is 0 Å². The van der Waals surface area contributed by atoms with E-state index in [4.69, 9.17) is 9.15 Å². The zero-order valence-corrected chi connectivity index (χ0v) is 10.3. The average Bonchev–Trinajstić information content (AvgIpc) is 2.87. The third kappa shape index (κ3) is 2.39. The number of furan rings is 1. The number of nitrogens with one attached hydrogen (secondary N) is 1. The van der Waals surface area contributed by atoms with Gasteiger partial charge in [0.25, 0.3) is 0 Å². The van der Waals surface area contributed by atoms with Gasteiger partial charge in [-0.15, -0.1) is 0 Å². The smallest absolute Gasteiger partial charge is 0.122 e. The third-order valence-corrected chi connectivity index (χ3v) is 3.69. The van der Waals surface area contributed by atoms with Crippen LogP contribution in [0.15, 0.2) is 16.7 Å². The number of likely N-dealkylation sites (tertiary alicyclic amines) is 1. The fourth-order valence-electron chi connectivity index (χ4n) is 2.89. The number of fused-ring (bicyclic) bond motifs is 2. The summed E-state index contributed by atoms with van der Waals surface area (Å²) >= 11 is 0. The Morgan fingerprint density at radius 1 is 1.35 bits per heavy atom. The molecule has 2 aliphatic rings. The maximum Gasteiger partial charge on any atom is 0.122 e. The highest BCUT2D eigenvalue weighted by Gasteiger charge is 2.33. The molecule has 0 saturated carbocycles. The van der Waals surface area contributed by atoms with Crippen molar-refractivity contribution < 1.29 is 9.15 Å². The summed E-state index contributed by atoms with van der Waals surface area (Å²) in [6, 6.07) is 2.06. The molecule has 4 heteroatoms. The Balaban J connectivity index is 1.64. The normalized spacial score (nSPS) is 28.8. The fourth-order valence-corrected chi connectivity index (χ4v) is 2.89. The van der Waals surface area contributed by atoms with Crippen molar-refractivity contribution in [1.82, 2.24) is 10.2 Å². The molecule has 94 valence electrons. The minimum absolute atomic E-state index is 0.455. The molecule has 3 rings (SSSR count). The molecule has 2 aliphatic heterocycles. The molecule has 0 radical (unpaired) electrons. The highest BCUT2D eigenvalue weighted by Crippen LogP contribution is 2.27. The van der Waals surface area contributed by atoms with Gasteiger partial charge in [-0.05, 0) is 26.0 Å². The SMILES string of the molecule is CNCc1ccoc1CN1CC2CCC(C1)O2. The molecule has 0 aromatic carbocycles. The number of rotatable bonds is 4. The predicted octanol–water partition coefficient (Wildman–Crippen LogP) is 1.36. The van der Waals surface area contributed by atoms with Crippen LogP contribution >= 0.6 is 0 Å². The summed E-state index contributed by atoms with van der Waals surface area (Å²) in [5, 5.41) is 3.17. The van der Waals surface area contributed by atoms with Crippen LogP contribution in [0.2, 0.25) is 0 Å². The van der Waals surface area contributed by atoms with E-state index >= 15 is 0 Å². The standard InChI is InChI=1S/C13H20N2O2/c1-14-6-10-4-5-16-13(10)9-15-7-11-2-3-12(8-15)17-11/h4-5,11-12,14H,2-3,6-9H2,1H3. The Hall–Kier alpha value is -0.840. The van der Waals surface area contributed by atoms with E-state index in [-0.39, 0.29) is 0 Å². The zero-order chi connectivity index (χ0) is 11.7. The first-order chi connectivity index (χ1) is 8.35. The maximum absolute atomic E-state index is 5.84. The van der Waals surface area contributed by atoms with E-state index in [1.54, 1.807) is 6.26 Å². The topological polar surface area (TPSA) is 37.6 Å². The van der Waals surface area contributed by atoms with E-state index in [9.17, 15) is 0 Å². The Labute approximate surface area is 102 Å². The second-order valence-electron chi connectivity index (χ2n) is 5.05. The first-order valence-corrected chi connectivity index (χ1v) is 6.43. The number of ether oxygens (including phenoxy) is 1. The molecule has 2 atom stereocenters. The Morgan fingerprint density at radius 3 is 2.82 bits per heavy atom. The zero-order valence-electron chi connectivity index (χ0n) is 10.3. The summed E-state index contributed by atoms with van der Waals surface area (Å²) in [6.45, 7) is 3.90. The number of nitrogens with zero attached hydrogens (tertiary/aromatic N) is 1. The minimum atomic E-state index is 0.455. The lowest BCUT2D eigenvalue weighted by molar-refractivity contribution is -0.0428. The summed E-state index contributed by atoms with van der Waals surface area (Å²) in [6.07, 6.45) is 5.15. The summed E-state index contributed by atoms with van der Waals surface area (Å²) in [7, 11) is 1.96. The van der Waals surface area contributed by atoms with Gasteiger partial charge in [0.15, 0.2) is 0 Å². The largest absolute Gasteiger partial charge is 0.468 e. The first kappa shape index (κ1) is 11.3. The number of hydrogen-bond donors (Lipinski definition) is 1. The summed E-state index contributed by atoms with van der Waals surface area (Å²) in [5.41, 5.74) is 1.27. The molecular weight excluding hydrogens is 216 g/mol. The van der Waals surface area contributed by atoms with E-state index < -0.39 is 0 Å². The van der Waals surface area contributed by atoms with Crippen LogP contribution in [-0.4, -0.2) is 37.2 Å². The van der Waals surface area contributed by atoms with Crippen molar-refractivity contribution in [3.05, 3.63) is 23.7 Å². The van der Waals surface area contributed by atoms with Crippen LogP contribution in [0.4, 0.5) is 0 Å². The molecule has 2 unspecified atom stereocenters. The van der Waals surface area contributed by atoms with Gasteiger partial charge in [0, 0.05) is 25.2 Å². The molecule has 4 nitrogen and oxygen atoms in total. The molecule has 0 aliphatic carbocycles. The highest BCUT2D eigenvalue weighted by atomic mass is 16.5. The van der Waals surface area contributed by atoms with Gasteiger partial charge in [0.2, 0.25) is 0 Å². The molecule has 1 aromatic heterocycles. The van der Waals surface area contributed by atoms with Crippen molar-refractivity contribution >= 4 is 0 Å². The molecule has 1 aromatic rings. The molecule has 0 amide bonds. The Kier molecular flexibility index (Phi) is 3.18. The van der Waals surface area contributed by atoms with Crippen LogP contribution < -0.4 is 5.32 Å². The summed E-state index contributed by atoms with van der Waals surface area (Å²) in [5.74, 6) is 1.10. The molecule has 1 N–H and O–H groups in total. The first-order valence-electron chi connectivity index (χ1n) is 6.43. The Morgan fingerprint density at radius 2 is 2.12 bits per heavy atom. The molecule has 17 heavy (non-hydrogen) atoms. The van der Waals surface area contributed by atoms with Crippen LogP contribution in [-0.2, 0) is 17.8 Å². The van der Waals surface area contributed by atoms with Gasteiger partial charge >= 0.3 is 0 Å². The molecule has 3 heterocycles. The van der Waals surface area contributed by atoms with Gasteiger partial charge in [-0.1, -0.05) is 0 Å². The quantitative estimate of drug-likeness (QED) is 0.856. The van der Waals surface area contributed by atoms with Crippen molar-refractivity contribution in [3.8, 4) is 0 Å². The predicted molar refractivity (Wildman–Crippen MR) is 64.6 cm³/mol. The van der Waals surface area contributed by atoms with Crippen molar-refractivity contribution in [2.24, 2.45) is 0 Å². The van der Waals surface area contributed by atoms with Crippen molar-refractivity contribution in [2.45, 2.75) is 38.1 Å². The van der Waals surface area contributed by atoms with Crippen LogP contribution in [0, 0.1) is 0 Å². The van der Waals surface area contributed by atoms with Gasteiger partial charge in [-0.3, -0.25) is 4.90 Å². The van der Waals surface area contributed by atoms with Crippen molar-refractivity contribution in [1.29, 1.82) is 0 Å². The number of morpholine rings is 1.